The van der Waals surface area contributed by atoms with E-state index < -0.39 is 0 Å². The predicted octanol–water partition coefficient (Wildman–Crippen LogP) is 2.60. The highest BCUT2D eigenvalue weighted by Crippen LogP contribution is 2.21. The van der Waals surface area contributed by atoms with Crippen molar-refractivity contribution in [2.24, 2.45) is 5.92 Å². The second kappa shape index (κ2) is 7.55. The minimum absolute atomic E-state index is 0.106. The summed E-state index contributed by atoms with van der Waals surface area (Å²) in [7, 11) is 0. The van der Waals surface area contributed by atoms with Crippen LogP contribution >= 0.6 is 0 Å². The van der Waals surface area contributed by atoms with E-state index in [2.05, 4.69) is 19.2 Å². The highest BCUT2D eigenvalue weighted by Gasteiger charge is 2.29. The average molecular weight is 292 g/mol. The van der Waals surface area contributed by atoms with Crippen molar-refractivity contribution in [1.29, 1.82) is 0 Å². The van der Waals surface area contributed by atoms with Crippen LogP contribution in [0.25, 0.3) is 0 Å². The lowest BCUT2D eigenvalue weighted by Gasteiger charge is -2.38. The topological polar surface area (TPSA) is 32.3 Å². The summed E-state index contributed by atoms with van der Waals surface area (Å²) in [6.45, 7) is 6.87. The summed E-state index contributed by atoms with van der Waals surface area (Å²) in [6, 6.07) is 6.83. The quantitative estimate of drug-likeness (QED) is 0.905. The van der Waals surface area contributed by atoms with Crippen LogP contribution in [-0.4, -0.2) is 36.5 Å². The van der Waals surface area contributed by atoms with Gasteiger partial charge in [0.05, 0.1) is 6.42 Å². The van der Waals surface area contributed by atoms with Crippen LogP contribution in [-0.2, 0) is 11.2 Å². The lowest BCUT2D eigenvalue weighted by molar-refractivity contribution is -0.132. The van der Waals surface area contributed by atoms with E-state index in [-0.39, 0.29) is 11.7 Å². The van der Waals surface area contributed by atoms with E-state index in [1.54, 1.807) is 6.07 Å². The first-order valence-electron chi connectivity index (χ1n) is 7.89. The van der Waals surface area contributed by atoms with Crippen LogP contribution in [0.4, 0.5) is 4.39 Å². The van der Waals surface area contributed by atoms with E-state index in [1.807, 2.05) is 11.0 Å². The largest absolute Gasteiger partial charge is 0.342 e. The zero-order valence-corrected chi connectivity index (χ0v) is 12.9. The Labute approximate surface area is 126 Å². The van der Waals surface area contributed by atoms with Gasteiger partial charge in [-0.05, 0) is 36.6 Å². The summed E-state index contributed by atoms with van der Waals surface area (Å²) >= 11 is 0. The molecule has 4 heteroatoms. The molecule has 21 heavy (non-hydrogen) atoms. The van der Waals surface area contributed by atoms with Crippen LogP contribution in [0.5, 0.6) is 0 Å². The van der Waals surface area contributed by atoms with Gasteiger partial charge in [-0.25, -0.2) is 4.39 Å². The molecule has 1 saturated heterocycles. The molecule has 1 amide bonds. The molecule has 1 N–H and O–H groups in total. The molecule has 1 aromatic carbocycles. The predicted molar refractivity (Wildman–Crippen MR) is 82.5 cm³/mol. The third kappa shape index (κ3) is 4.27. The van der Waals surface area contributed by atoms with Crippen LogP contribution in [0.3, 0.4) is 0 Å². The van der Waals surface area contributed by atoms with Crippen LogP contribution in [0, 0.1) is 11.7 Å². The number of nitrogens with one attached hydrogen (secondary N) is 1. The molecule has 0 aromatic heterocycles. The Morgan fingerprint density at radius 3 is 2.90 bits per heavy atom. The molecule has 1 fully saturated rings. The van der Waals surface area contributed by atoms with Crippen LogP contribution < -0.4 is 5.32 Å². The maximum absolute atomic E-state index is 13.2. The van der Waals surface area contributed by atoms with Crippen LogP contribution in [0.15, 0.2) is 24.3 Å². The Morgan fingerprint density at radius 2 is 2.24 bits per heavy atom. The van der Waals surface area contributed by atoms with Gasteiger partial charge in [0.2, 0.25) is 5.91 Å². The van der Waals surface area contributed by atoms with Crippen molar-refractivity contribution in [3.8, 4) is 0 Å². The lowest BCUT2D eigenvalue weighted by Crippen LogP contribution is -2.51. The highest BCUT2D eigenvalue weighted by atomic mass is 19.1. The van der Waals surface area contributed by atoms with Crippen molar-refractivity contribution in [2.75, 3.05) is 19.6 Å². The van der Waals surface area contributed by atoms with Gasteiger partial charge >= 0.3 is 0 Å². The normalized spacial score (nSPS) is 22.3. The smallest absolute Gasteiger partial charge is 0.227 e. The van der Waals surface area contributed by atoms with E-state index in [1.165, 1.54) is 12.1 Å². The third-order valence-electron chi connectivity index (χ3n) is 4.32. The summed E-state index contributed by atoms with van der Waals surface area (Å²) in [4.78, 5) is 14.3. The molecule has 2 atom stereocenters. The molecule has 1 aromatic rings. The van der Waals surface area contributed by atoms with Gasteiger partial charge in [0, 0.05) is 19.1 Å². The summed E-state index contributed by atoms with van der Waals surface area (Å²) < 4.78 is 13.2. The second-order valence-corrected chi connectivity index (χ2v) is 5.77. The number of likely N-dealkylation sites (tertiary alicyclic amines) is 1. The Hall–Kier alpha value is -1.42. The van der Waals surface area contributed by atoms with Crippen LogP contribution in [0.2, 0.25) is 0 Å². The van der Waals surface area contributed by atoms with Gasteiger partial charge in [0.15, 0.2) is 0 Å². The SMILES string of the molecule is CCNC1CCN(C(=O)Cc2cccc(F)c2)CC1CC. The number of hydrogen-bond acceptors (Lipinski definition) is 2. The molecular weight excluding hydrogens is 267 g/mol. The van der Waals surface area contributed by atoms with Crippen molar-refractivity contribution in [2.45, 2.75) is 39.2 Å². The minimum Gasteiger partial charge on any atom is -0.342 e. The summed E-state index contributed by atoms with van der Waals surface area (Å²) in [5.74, 6) is 0.335. The van der Waals surface area contributed by atoms with Gasteiger partial charge in [0.1, 0.15) is 5.82 Å². The molecule has 2 rings (SSSR count). The molecule has 0 spiro atoms. The van der Waals surface area contributed by atoms with E-state index in [4.69, 9.17) is 0 Å². The third-order valence-corrected chi connectivity index (χ3v) is 4.32. The zero-order valence-electron chi connectivity index (χ0n) is 12.9. The van der Waals surface area contributed by atoms with Gasteiger partial charge in [0.25, 0.3) is 0 Å². The fourth-order valence-electron chi connectivity index (χ4n) is 3.14. The van der Waals surface area contributed by atoms with Crippen molar-refractivity contribution < 1.29 is 9.18 Å². The average Bonchev–Trinajstić information content (AvgIpc) is 2.48. The van der Waals surface area contributed by atoms with Crippen molar-refractivity contribution in [3.63, 3.8) is 0 Å². The number of carbonyl (C=O) groups is 1. The van der Waals surface area contributed by atoms with Gasteiger partial charge in [-0.2, -0.15) is 0 Å². The first-order valence-corrected chi connectivity index (χ1v) is 7.89. The molecular formula is C17H25FN2O. The molecule has 0 bridgehead atoms. The second-order valence-electron chi connectivity index (χ2n) is 5.77. The molecule has 2 unspecified atom stereocenters. The molecule has 1 heterocycles. The highest BCUT2D eigenvalue weighted by molar-refractivity contribution is 5.78. The fourth-order valence-corrected chi connectivity index (χ4v) is 3.14. The maximum Gasteiger partial charge on any atom is 0.227 e. The molecule has 0 saturated carbocycles. The molecule has 1 aliphatic heterocycles. The van der Waals surface area contributed by atoms with Crippen molar-refractivity contribution >= 4 is 5.91 Å². The Balaban J connectivity index is 1.94. The number of carbonyl (C=O) groups excluding carboxylic acids is 1. The number of piperidine rings is 1. The molecule has 0 aliphatic carbocycles. The van der Waals surface area contributed by atoms with E-state index >= 15 is 0 Å². The first-order chi connectivity index (χ1) is 10.1. The van der Waals surface area contributed by atoms with Crippen molar-refractivity contribution in [1.82, 2.24) is 10.2 Å². The monoisotopic (exact) mass is 292 g/mol. The molecule has 0 radical (unpaired) electrons. The number of nitrogens with zero attached hydrogens (tertiary/aromatic N) is 1. The summed E-state index contributed by atoms with van der Waals surface area (Å²) in [5, 5.41) is 3.51. The van der Waals surface area contributed by atoms with E-state index in [0.717, 1.165) is 38.0 Å². The van der Waals surface area contributed by atoms with Crippen LogP contribution in [0.1, 0.15) is 32.3 Å². The Bertz CT molecular complexity index is 478. The Morgan fingerprint density at radius 1 is 1.43 bits per heavy atom. The number of rotatable bonds is 5. The molecule has 3 nitrogen and oxygen atoms in total. The minimum atomic E-state index is -0.280. The van der Waals surface area contributed by atoms with Gasteiger partial charge in [-0.15, -0.1) is 0 Å². The zero-order chi connectivity index (χ0) is 15.2. The van der Waals surface area contributed by atoms with Gasteiger partial charge in [-0.3, -0.25) is 4.79 Å². The molecule has 116 valence electrons. The molecule has 1 aliphatic rings. The van der Waals surface area contributed by atoms with Crippen molar-refractivity contribution in [3.05, 3.63) is 35.6 Å². The first kappa shape index (κ1) is 16.0. The summed E-state index contributed by atoms with van der Waals surface area (Å²) in [5.41, 5.74) is 0.752. The maximum atomic E-state index is 13.2. The van der Waals surface area contributed by atoms with Gasteiger partial charge < -0.3 is 10.2 Å². The lowest BCUT2D eigenvalue weighted by atomic mass is 9.89. The number of benzene rings is 1. The van der Waals surface area contributed by atoms with E-state index in [0.29, 0.717) is 18.4 Å². The standard InChI is InChI=1S/C17H25FN2O/c1-3-14-12-20(9-8-16(14)19-4-2)17(21)11-13-6-5-7-15(18)10-13/h5-7,10,14,16,19H,3-4,8-9,11-12H2,1-2H3. The number of hydrogen-bond donors (Lipinski definition) is 1. The summed E-state index contributed by atoms with van der Waals surface area (Å²) in [6.07, 6.45) is 2.36. The fraction of sp³-hybridized carbons (Fsp3) is 0.588. The number of amides is 1. The van der Waals surface area contributed by atoms with Gasteiger partial charge in [-0.1, -0.05) is 32.4 Å². The number of halogens is 1. The van der Waals surface area contributed by atoms with E-state index in [9.17, 15) is 9.18 Å². The Kier molecular flexibility index (Phi) is 5.74.